The Labute approximate surface area is 49.7 Å². The molecular formula is C7H10O. The second-order valence-electron chi connectivity index (χ2n) is 1.97. The van der Waals surface area contributed by atoms with Crippen LogP contribution in [0.15, 0.2) is 23.3 Å². The van der Waals surface area contributed by atoms with Crippen LogP contribution in [0, 0.1) is 0 Å². The van der Waals surface area contributed by atoms with E-state index in [0.29, 0.717) is 0 Å². The van der Waals surface area contributed by atoms with Gasteiger partial charge >= 0.3 is 0 Å². The average molecular weight is 110 g/mol. The summed E-state index contributed by atoms with van der Waals surface area (Å²) in [5.41, 5.74) is 2.68. The first-order valence-electron chi connectivity index (χ1n) is 2.71. The maximum Gasteiger partial charge on any atom is 0.0715 e. The second kappa shape index (κ2) is 2.14. The van der Waals surface area contributed by atoms with Crippen LogP contribution in [0.25, 0.3) is 0 Å². The molecule has 0 aromatic carbocycles. The molecule has 0 aromatic rings. The normalized spacial score (nSPS) is 16.8. The summed E-state index contributed by atoms with van der Waals surface area (Å²) in [5.74, 6) is 0. The third-order valence-corrected chi connectivity index (χ3v) is 1.34. The van der Waals surface area contributed by atoms with E-state index < -0.39 is 0 Å². The molecule has 0 amide bonds. The van der Waals surface area contributed by atoms with Crippen LogP contribution in [-0.2, 0) is 4.74 Å². The SMILES string of the molecule is COCC1=C(C)C=C1. The lowest BCUT2D eigenvalue weighted by molar-refractivity contribution is 0.227. The van der Waals surface area contributed by atoms with Crippen molar-refractivity contribution < 1.29 is 4.74 Å². The second-order valence-corrected chi connectivity index (χ2v) is 1.97. The van der Waals surface area contributed by atoms with Crippen LogP contribution >= 0.6 is 0 Å². The van der Waals surface area contributed by atoms with Gasteiger partial charge in [-0.15, -0.1) is 0 Å². The summed E-state index contributed by atoms with van der Waals surface area (Å²) in [5, 5.41) is 0. The van der Waals surface area contributed by atoms with Crippen molar-refractivity contribution in [2.75, 3.05) is 13.7 Å². The molecule has 0 N–H and O–H groups in total. The summed E-state index contributed by atoms with van der Waals surface area (Å²) in [6.45, 7) is 2.86. The Bertz CT molecular complexity index is 142. The van der Waals surface area contributed by atoms with Crippen molar-refractivity contribution in [3.05, 3.63) is 23.3 Å². The van der Waals surface area contributed by atoms with Crippen molar-refractivity contribution in [3.63, 3.8) is 0 Å². The molecular weight excluding hydrogens is 100 g/mol. The van der Waals surface area contributed by atoms with Gasteiger partial charge in [-0.05, 0) is 18.1 Å². The summed E-state index contributed by atoms with van der Waals surface area (Å²) in [7, 11) is 1.71. The number of methoxy groups -OCH3 is 1. The van der Waals surface area contributed by atoms with E-state index in [4.69, 9.17) is 4.74 Å². The monoisotopic (exact) mass is 110 g/mol. The zero-order valence-electron chi connectivity index (χ0n) is 5.27. The minimum Gasteiger partial charge on any atom is -0.380 e. The Hall–Kier alpha value is -0.560. The molecule has 0 unspecified atom stereocenters. The quantitative estimate of drug-likeness (QED) is 0.523. The minimum absolute atomic E-state index is 0.766. The summed E-state index contributed by atoms with van der Waals surface area (Å²) in [6.07, 6.45) is 4.17. The van der Waals surface area contributed by atoms with E-state index in [0.717, 1.165) is 6.61 Å². The van der Waals surface area contributed by atoms with E-state index in [1.807, 2.05) is 0 Å². The zero-order valence-corrected chi connectivity index (χ0v) is 5.27. The average Bonchev–Trinajstić information content (AvgIpc) is 1.79. The molecule has 0 radical (unpaired) electrons. The predicted octanol–water partition coefficient (Wildman–Crippen LogP) is 1.52. The molecule has 0 spiro atoms. The highest BCUT2D eigenvalue weighted by atomic mass is 16.5. The largest absolute Gasteiger partial charge is 0.380 e. The van der Waals surface area contributed by atoms with Crippen LogP contribution in [0.2, 0.25) is 0 Å². The van der Waals surface area contributed by atoms with Crippen molar-refractivity contribution in [1.82, 2.24) is 0 Å². The Morgan fingerprint density at radius 3 is 2.38 bits per heavy atom. The van der Waals surface area contributed by atoms with E-state index >= 15 is 0 Å². The van der Waals surface area contributed by atoms with Crippen LogP contribution in [0.3, 0.4) is 0 Å². The smallest absolute Gasteiger partial charge is 0.0715 e. The fourth-order valence-corrected chi connectivity index (χ4v) is 0.685. The van der Waals surface area contributed by atoms with Crippen molar-refractivity contribution in [2.24, 2.45) is 0 Å². The third-order valence-electron chi connectivity index (χ3n) is 1.34. The zero-order chi connectivity index (χ0) is 5.98. The number of allylic oxidation sites excluding steroid dienone is 2. The number of ether oxygens (including phenoxy) is 1. The molecule has 1 nitrogen and oxygen atoms in total. The maximum absolute atomic E-state index is 4.91. The van der Waals surface area contributed by atoms with Crippen molar-refractivity contribution in [3.8, 4) is 0 Å². The van der Waals surface area contributed by atoms with Crippen LogP contribution in [0.5, 0.6) is 0 Å². The summed E-state index contributed by atoms with van der Waals surface area (Å²) < 4.78 is 4.91. The minimum atomic E-state index is 0.766. The summed E-state index contributed by atoms with van der Waals surface area (Å²) in [6, 6.07) is 0. The topological polar surface area (TPSA) is 9.23 Å². The highest BCUT2D eigenvalue weighted by molar-refractivity contribution is 5.43. The molecule has 0 saturated heterocycles. The summed E-state index contributed by atoms with van der Waals surface area (Å²) in [4.78, 5) is 0. The van der Waals surface area contributed by atoms with Gasteiger partial charge in [0, 0.05) is 7.11 Å². The van der Waals surface area contributed by atoms with E-state index in [1.54, 1.807) is 7.11 Å². The summed E-state index contributed by atoms with van der Waals surface area (Å²) >= 11 is 0. The Kier molecular flexibility index (Phi) is 1.49. The van der Waals surface area contributed by atoms with Gasteiger partial charge in [0.25, 0.3) is 0 Å². The molecule has 0 bridgehead atoms. The van der Waals surface area contributed by atoms with Crippen molar-refractivity contribution in [2.45, 2.75) is 6.92 Å². The lowest BCUT2D eigenvalue weighted by Gasteiger charge is -2.10. The standard InChI is InChI=1S/C7H10O/c1-6-3-4-7(6)5-8-2/h3-4H,5H2,1-2H3. The van der Waals surface area contributed by atoms with E-state index in [1.165, 1.54) is 11.1 Å². The highest BCUT2D eigenvalue weighted by Gasteiger charge is 2.02. The molecule has 0 heterocycles. The maximum atomic E-state index is 4.91. The van der Waals surface area contributed by atoms with Gasteiger partial charge in [-0.2, -0.15) is 0 Å². The van der Waals surface area contributed by atoms with E-state index in [2.05, 4.69) is 19.1 Å². The van der Waals surface area contributed by atoms with Crippen LogP contribution in [0.1, 0.15) is 6.92 Å². The number of hydrogen-bond acceptors (Lipinski definition) is 1. The molecule has 44 valence electrons. The van der Waals surface area contributed by atoms with Gasteiger partial charge in [0.2, 0.25) is 0 Å². The lowest BCUT2D eigenvalue weighted by Crippen LogP contribution is -1.99. The van der Waals surface area contributed by atoms with Crippen molar-refractivity contribution in [1.29, 1.82) is 0 Å². The van der Waals surface area contributed by atoms with Gasteiger partial charge in [0.1, 0.15) is 0 Å². The molecule has 1 rings (SSSR count). The van der Waals surface area contributed by atoms with Crippen LogP contribution in [0.4, 0.5) is 0 Å². The molecule has 8 heavy (non-hydrogen) atoms. The molecule has 0 aromatic heterocycles. The van der Waals surface area contributed by atoms with Gasteiger partial charge < -0.3 is 4.74 Å². The number of hydrogen-bond donors (Lipinski definition) is 0. The molecule has 1 aliphatic carbocycles. The fourth-order valence-electron chi connectivity index (χ4n) is 0.685. The van der Waals surface area contributed by atoms with Gasteiger partial charge in [-0.3, -0.25) is 0 Å². The predicted molar refractivity (Wildman–Crippen MR) is 33.7 cm³/mol. The van der Waals surface area contributed by atoms with Gasteiger partial charge in [-0.1, -0.05) is 12.2 Å². The van der Waals surface area contributed by atoms with Crippen molar-refractivity contribution >= 4 is 0 Å². The molecule has 1 aliphatic rings. The Morgan fingerprint density at radius 2 is 2.25 bits per heavy atom. The first-order valence-corrected chi connectivity index (χ1v) is 2.71. The molecule has 0 fully saturated rings. The first-order chi connectivity index (χ1) is 3.84. The van der Waals surface area contributed by atoms with Gasteiger partial charge in [0.15, 0.2) is 0 Å². The Morgan fingerprint density at radius 1 is 1.50 bits per heavy atom. The highest BCUT2D eigenvalue weighted by Crippen LogP contribution is 2.16. The van der Waals surface area contributed by atoms with Crippen LogP contribution < -0.4 is 0 Å². The third kappa shape index (κ3) is 0.819. The molecule has 0 atom stereocenters. The first kappa shape index (κ1) is 5.57. The molecule has 0 saturated carbocycles. The van der Waals surface area contributed by atoms with Crippen LogP contribution in [-0.4, -0.2) is 13.7 Å². The number of rotatable bonds is 2. The van der Waals surface area contributed by atoms with E-state index in [9.17, 15) is 0 Å². The fraction of sp³-hybridized carbons (Fsp3) is 0.429. The van der Waals surface area contributed by atoms with Gasteiger partial charge in [0.05, 0.1) is 6.61 Å². The Balaban J connectivity index is 2.37. The molecule has 1 heteroatoms. The van der Waals surface area contributed by atoms with Gasteiger partial charge in [-0.25, -0.2) is 0 Å². The van der Waals surface area contributed by atoms with E-state index in [-0.39, 0.29) is 0 Å². The lowest BCUT2D eigenvalue weighted by atomic mass is 10.0. The molecule has 0 aliphatic heterocycles.